The average Bonchev–Trinajstić information content (AvgIpc) is 2.90. The van der Waals surface area contributed by atoms with Crippen molar-refractivity contribution in [2.45, 2.75) is 32.7 Å². The third-order valence-electron chi connectivity index (χ3n) is 3.58. The minimum atomic E-state index is 0.370. The maximum absolute atomic E-state index is 4.83. The quantitative estimate of drug-likeness (QED) is 0.840. The highest BCUT2D eigenvalue weighted by atomic mass is 32.1. The van der Waals surface area contributed by atoms with Gasteiger partial charge in [-0.05, 0) is 24.9 Å². The zero-order valence-electron chi connectivity index (χ0n) is 11.7. The Labute approximate surface area is 118 Å². The van der Waals surface area contributed by atoms with Gasteiger partial charge in [0.2, 0.25) is 0 Å². The summed E-state index contributed by atoms with van der Waals surface area (Å²) in [5, 5.41) is 4.30. The van der Waals surface area contributed by atoms with Crippen LogP contribution in [0, 0.1) is 0 Å². The number of hydrogen-bond acceptors (Lipinski definition) is 4. The Hall–Kier alpha value is -1.26. The summed E-state index contributed by atoms with van der Waals surface area (Å²) < 4.78 is 0. The van der Waals surface area contributed by atoms with Crippen LogP contribution in [0.4, 0.5) is 0 Å². The lowest BCUT2D eigenvalue weighted by Crippen LogP contribution is -2.28. The highest BCUT2D eigenvalue weighted by Gasteiger charge is 2.22. The molecule has 2 aromatic heterocycles. The highest BCUT2D eigenvalue weighted by Crippen LogP contribution is 2.30. The van der Waals surface area contributed by atoms with E-state index in [-0.39, 0.29) is 0 Å². The van der Waals surface area contributed by atoms with Crippen LogP contribution in [0.15, 0.2) is 16.8 Å². The van der Waals surface area contributed by atoms with E-state index in [9.17, 15) is 0 Å². The molecule has 0 saturated carbocycles. The molecule has 0 N–H and O–H groups in total. The van der Waals surface area contributed by atoms with Crippen molar-refractivity contribution in [2.24, 2.45) is 0 Å². The zero-order chi connectivity index (χ0) is 13.4. The van der Waals surface area contributed by atoms with Crippen LogP contribution in [0.25, 0.3) is 11.3 Å². The van der Waals surface area contributed by atoms with Crippen molar-refractivity contribution in [1.82, 2.24) is 14.9 Å². The Balaban J connectivity index is 2.16. The maximum atomic E-state index is 4.83. The first-order chi connectivity index (χ1) is 9.15. The van der Waals surface area contributed by atoms with E-state index >= 15 is 0 Å². The van der Waals surface area contributed by atoms with Gasteiger partial charge in [-0.1, -0.05) is 13.8 Å². The number of rotatable bonds is 2. The fourth-order valence-electron chi connectivity index (χ4n) is 2.48. The number of hydrogen-bond donors (Lipinski definition) is 0. The van der Waals surface area contributed by atoms with Crippen LogP contribution in [0.3, 0.4) is 0 Å². The molecule has 3 heterocycles. The van der Waals surface area contributed by atoms with E-state index in [1.165, 1.54) is 16.8 Å². The van der Waals surface area contributed by atoms with Crippen molar-refractivity contribution in [3.05, 3.63) is 33.9 Å². The Morgan fingerprint density at radius 1 is 1.32 bits per heavy atom. The van der Waals surface area contributed by atoms with Gasteiger partial charge in [0.1, 0.15) is 5.82 Å². The minimum Gasteiger partial charge on any atom is -0.300 e. The van der Waals surface area contributed by atoms with Crippen LogP contribution in [0.2, 0.25) is 0 Å². The Morgan fingerprint density at radius 3 is 2.84 bits per heavy atom. The second-order valence-electron chi connectivity index (χ2n) is 5.51. The molecule has 0 aromatic carbocycles. The number of nitrogens with zero attached hydrogens (tertiary/aromatic N) is 3. The first kappa shape index (κ1) is 12.8. The lowest BCUT2D eigenvalue weighted by Gasteiger charge is -2.26. The average molecular weight is 273 g/mol. The van der Waals surface area contributed by atoms with Crippen molar-refractivity contribution in [3.8, 4) is 11.3 Å². The first-order valence-corrected chi connectivity index (χ1v) is 7.70. The summed E-state index contributed by atoms with van der Waals surface area (Å²) in [6.45, 7) is 6.35. The second-order valence-corrected chi connectivity index (χ2v) is 6.29. The van der Waals surface area contributed by atoms with Crippen molar-refractivity contribution >= 4 is 11.3 Å². The summed E-state index contributed by atoms with van der Waals surface area (Å²) in [6.07, 6.45) is 1.05. The third kappa shape index (κ3) is 2.42. The molecule has 4 heteroatoms. The molecule has 1 aliphatic rings. The molecule has 0 saturated heterocycles. The SMILES string of the molecule is CC(C)c1nc2c(c(-c3ccsc3)n1)CCN(C)C2. The van der Waals surface area contributed by atoms with E-state index in [1.54, 1.807) is 11.3 Å². The highest BCUT2D eigenvalue weighted by molar-refractivity contribution is 7.08. The molecule has 0 aliphatic carbocycles. The van der Waals surface area contributed by atoms with Gasteiger partial charge in [0, 0.05) is 35.5 Å². The smallest absolute Gasteiger partial charge is 0.131 e. The molecule has 1 aliphatic heterocycles. The van der Waals surface area contributed by atoms with E-state index in [4.69, 9.17) is 9.97 Å². The van der Waals surface area contributed by atoms with Crippen molar-refractivity contribution < 1.29 is 0 Å². The van der Waals surface area contributed by atoms with Gasteiger partial charge in [-0.3, -0.25) is 0 Å². The standard InChI is InChI=1S/C15H19N3S/c1-10(2)15-16-13-8-18(3)6-4-12(13)14(17-15)11-5-7-19-9-11/h5,7,9-10H,4,6,8H2,1-3H3. The molecular formula is C15H19N3S. The molecular weight excluding hydrogens is 254 g/mol. The summed E-state index contributed by atoms with van der Waals surface area (Å²) >= 11 is 1.73. The lowest BCUT2D eigenvalue weighted by atomic mass is 9.99. The first-order valence-electron chi connectivity index (χ1n) is 6.76. The predicted molar refractivity (Wildman–Crippen MR) is 79.5 cm³/mol. The number of aromatic nitrogens is 2. The Kier molecular flexibility index (Phi) is 3.37. The molecule has 2 aromatic rings. The van der Waals surface area contributed by atoms with Crippen LogP contribution in [-0.2, 0) is 13.0 Å². The zero-order valence-corrected chi connectivity index (χ0v) is 12.5. The fourth-order valence-corrected chi connectivity index (χ4v) is 3.12. The van der Waals surface area contributed by atoms with Gasteiger partial charge in [0.25, 0.3) is 0 Å². The molecule has 0 bridgehead atoms. The minimum absolute atomic E-state index is 0.370. The van der Waals surface area contributed by atoms with Gasteiger partial charge in [0.05, 0.1) is 11.4 Å². The molecule has 3 nitrogen and oxygen atoms in total. The topological polar surface area (TPSA) is 29.0 Å². The van der Waals surface area contributed by atoms with Gasteiger partial charge in [-0.25, -0.2) is 9.97 Å². The molecule has 0 atom stereocenters. The van der Waals surface area contributed by atoms with Gasteiger partial charge in [-0.2, -0.15) is 11.3 Å². The summed E-state index contributed by atoms with van der Waals surface area (Å²) in [5.41, 5.74) is 4.97. The van der Waals surface area contributed by atoms with Crippen molar-refractivity contribution in [3.63, 3.8) is 0 Å². The Morgan fingerprint density at radius 2 is 2.16 bits per heavy atom. The normalized spacial score (nSPS) is 15.8. The third-order valence-corrected chi connectivity index (χ3v) is 4.27. The maximum Gasteiger partial charge on any atom is 0.131 e. The summed E-state index contributed by atoms with van der Waals surface area (Å²) in [6, 6.07) is 2.16. The van der Waals surface area contributed by atoms with E-state index in [1.807, 2.05) is 0 Å². The van der Waals surface area contributed by atoms with Gasteiger partial charge < -0.3 is 4.90 Å². The van der Waals surface area contributed by atoms with Crippen LogP contribution in [0.5, 0.6) is 0 Å². The van der Waals surface area contributed by atoms with E-state index in [0.717, 1.165) is 31.0 Å². The van der Waals surface area contributed by atoms with E-state index in [0.29, 0.717) is 5.92 Å². The molecule has 0 fully saturated rings. The summed E-state index contributed by atoms with van der Waals surface area (Å²) in [4.78, 5) is 11.9. The lowest BCUT2D eigenvalue weighted by molar-refractivity contribution is 0.306. The molecule has 100 valence electrons. The number of fused-ring (bicyclic) bond motifs is 1. The summed E-state index contributed by atoms with van der Waals surface area (Å²) in [7, 11) is 2.16. The van der Waals surface area contributed by atoms with Crippen LogP contribution in [0.1, 0.15) is 36.8 Å². The summed E-state index contributed by atoms with van der Waals surface area (Å²) in [5.74, 6) is 1.34. The monoisotopic (exact) mass is 273 g/mol. The molecule has 0 unspecified atom stereocenters. The van der Waals surface area contributed by atoms with E-state index < -0.39 is 0 Å². The molecule has 0 radical (unpaired) electrons. The second kappa shape index (κ2) is 5.02. The van der Waals surface area contributed by atoms with Crippen LogP contribution >= 0.6 is 11.3 Å². The number of thiophene rings is 1. The van der Waals surface area contributed by atoms with Crippen molar-refractivity contribution in [2.75, 3.05) is 13.6 Å². The van der Waals surface area contributed by atoms with Gasteiger partial charge >= 0.3 is 0 Å². The molecule has 0 amide bonds. The van der Waals surface area contributed by atoms with E-state index in [2.05, 4.69) is 42.6 Å². The molecule has 19 heavy (non-hydrogen) atoms. The fraction of sp³-hybridized carbons (Fsp3) is 0.467. The van der Waals surface area contributed by atoms with Crippen LogP contribution in [-0.4, -0.2) is 28.5 Å². The largest absolute Gasteiger partial charge is 0.300 e. The van der Waals surface area contributed by atoms with Crippen molar-refractivity contribution in [1.29, 1.82) is 0 Å². The van der Waals surface area contributed by atoms with Crippen LogP contribution < -0.4 is 0 Å². The number of likely N-dealkylation sites (N-methyl/N-ethyl adjacent to an activating group) is 1. The molecule has 0 spiro atoms. The van der Waals surface area contributed by atoms with Gasteiger partial charge in [0.15, 0.2) is 0 Å². The predicted octanol–water partition coefficient (Wildman–Crippen LogP) is 3.32. The molecule has 3 rings (SSSR count). The van der Waals surface area contributed by atoms with Gasteiger partial charge in [-0.15, -0.1) is 0 Å². The Bertz CT molecular complexity index is 575.